The molecule has 0 spiro atoms. The number of hydrogen-bond acceptors (Lipinski definition) is 5. The van der Waals surface area contributed by atoms with Crippen LogP contribution in [0.25, 0.3) is 11.1 Å². The summed E-state index contributed by atoms with van der Waals surface area (Å²) in [5.74, 6) is 0.760. The van der Waals surface area contributed by atoms with E-state index in [0.29, 0.717) is 24.6 Å². The number of carbonyl (C=O) groups is 1. The number of aromatic nitrogens is 3. The van der Waals surface area contributed by atoms with Crippen LogP contribution in [0.5, 0.6) is 0 Å². The van der Waals surface area contributed by atoms with Crippen molar-refractivity contribution in [3.8, 4) is 11.1 Å². The van der Waals surface area contributed by atoms with Crippen molar-refractivity contribution in [2.45, 2.75) is 45.8 Å². The molecule has 1 aliphatic rings. The van der Waals surface area contributed by atoms with E-state index >= 15 is 0 Å². The van der Waals surface area contributed by atoms with E-state index in [2.05, 4.69) is 9.97 Å². The highest BCUT2D eigenvalue weighted by molar-refractivity contribution is 5.94. The topological polar surface area (TPSA) is 68.2 Å². The Bertz CT molecular complexity index is 1020. The quantitative estimate of drug-likeness (QED) is 0.580. The zero-order valence-electron chi connectivity index (χ0n) is 18.1. The van der Waals surface area contributed by atoms with Crippen molar-refractivity contribution >= 4 is 5.91 Å². The summed E-state index contributed by atoms with van der Waals surface area (Å²) >= 11 is 0. The molecule has 0 saturated carbocycles. The van der Waals surface area contributed by atoms with Crippen LogP contribution in [0.2, 0.25) is 0 Å². The molecular weight excluding hydrogens is 388 g/mol. The zero-order valence-corrected chi connectivity index (χ0v) is 18.1. The second-order valence-electron chi connectivity index (χ2n) is 7.80. The van der Waals surface area contributed by atoms with Crippen molar-refractivity contribution in [2.75, 3.05) is 13.2 Å². The minimum absolute atomic E-state index is 0.0459. The van der Waals surface area contributed by atoms with Crippen LogP contribution in [0.1, 0.15) is 59.7 Å². The Morgan fingerprint density at radius 2 is 1.90 bits per heavy atom. The number of pyridine rings is 1. The molecule has 4 rings (SSSR count). The van der Waals surface area contributed by atoms with Crippen LogP contribution in [0, 0.1) is 6.92 Å². The molecule has 1 unspecified atom stereocenters. The van der Waals surface area contributed by atoms with Gasteiger partial charge in [-0.1, -0.05) is 12.1 Å². The van der Waals surface area contributed by atoms with Gasteiger partial charge in [0.15, 0.2) is 0 Å². The maximum atomic E-state index is 13.5. The molecule has 1 atom stereocenters. The third kappa shape index (κ3) is 4.80. The minimum Gasteiger partial charge on any atom is -0.377 e. The zero-order chi connectivity index (χ0) is 21.6. The molecule has 0 bridgehead atoms. The van der Waals surface area contributed by atoms with E-state index in [1.807, 2.05) is 61.3 Å². The average molecular weight is 417 g/mol. The first-order valence-electron chi connectivity index (χ1n) is 10.9. The van der Waals surface area contributed by atoms with E-state index in [-0.39, 0.29) is 11.9 Å². The third-order valence-electron chi connectivity index (χ3n) is 5.68. The largest absolute Gasteiger partial charge is 0.377 e. The molecule has 2 aromatic heterocycles. The number of rotatable bonds is 6. The van der Waals surface area contributed by atoms with Gasteiger partial charge in [0.2, 0.25) is 0 Å². The summed E-state index contributed by atoms with van der Waals surface area (Å²) in [4.78, 5) is 28.8. The van der Waals surface area contributed by atoms with Crippen LogP contribution < -0.4 is 0 Å². The van der Waals surface area contributed by atoms with Crippen molar-refractivity contribution in [2.24, 2.45) is 0 Å². The molecule has 0 radical (unpaired) electrons. The molecule has 1 fully saturated rings. The Hall–Kier alpha value is -3.12. The first-order chi connectivity index (χ1) is 15.2. The molecular formula is C25H28N4O2. The molecule has 6 nitrogen and oxygen atoms in total. The molecule has 1 aliphatic heterocycles. The maximum absolute atomic E-state index is 13.5. The van der Waals surface area contributed by atoms with E-state index in [1.54, 1.807) is 12.4 Å². The number of aryl methyl sites for hydroxylation is 1. The van der Waals surface area contributed by atoms with Crippen LogP contribution in [0.15, 0.2) is 55.0 Å². The standard InChI is InChI=1S/C25H28N4O2/c1-3-31-17-19-7-9-21(10-8-19)25(30)29-15-5-4-6-23(29)24-22(16-27-18(2)28-24)20-11-13-26-14-12-20/h7-14,16,23H,3-6,15,17H2,1-2H3. The highest BCUT2D eigenvalue weighted by atomic mass is 16.5. The highest BCUT2D eigenvalue weighted by Gasteiger charge is 2.31. The Labute approximate surface area is 183 Å². The number of hydrogen-bond donors (Lipinski definition) is 0. The molecule has 1 saturated heterocycles. The number of carbonyl (C=O) groups excluding carboxylic acids is 1. The minimum atomic E-state index is -0.0748. The molecule has 3 aromatic rings. The van der Waals surface area contributed by atoms with Gasteiger partial charge in [-0.15, -0.1) is 0 Å². The lowest BCUT2D eigenvalue weighted by Crippen LogP contribution is -2.39. The molecule has 1 amide bonds. The lowest BCUT2D eigenvalue weighted by molar-refractivity contribution is 0.0606. The van der Waals surface area contributed by atoms with E-state index in [1.165, 1.54) is 0 Å². The van der Waals surface area contributed by atoms with E-state index in [4.69, 9.17) is 9.72 Å². The molecule has 31 heavy (non-hydrogen) atoms. The Morgan fingerprint density at radius 1 is 1.13 bits per heavy atom. The molecule has 160 valence electrons. The third-order valence-corrected chi connectivity index (χ3v) is 5.68. The van der Waals surface area contributed by atoms with Gasteiger partial charge in [-0.3, -0.25) is 9.78 Å². The Balaban J connectivity index is 1.65. The first kappa shape index (κ1) is 21.1. The Morgan fingerprint density at radius 3 is 2.65 bits per heavy atom. The van der Waals surface area contributed by atoms with Crippen molar-refractivity contribution in [1.82, 2.24) is 19.9 Å². The van der Waals surface area contributed by atoms with Gasteiger partial charge in [-0.2, -0.15) is 0 Å². The Kier molecular flexibility index (Phi) is 6.67. The van der Waals surface area contributed by atoms with Gasteiger partial charge in [0.25, 0.3) is 5.91 Å². The van der Waals surface area contributed by atoms with Crippen LogP contribution in [-0.2, 0) is 11.3 Å². The fourth-order valence-corrected chi connectivity index (χ4v) is 4.08. The summed E-state index contributed by atoms with van der Waals surface area (Å²) in [7, 11) is 0. The lowest BCUT2D eigenvalue weighted by atomic mass is 9.93. The average Bonchev–Trinajstić information content (AvgIpc) is 2.83. The summed E-state index contributed by atoms with van der Waals surface area (Å²) in [5.41, 5.74) is 4.66. The maximum Gasteiger partial charge on any atom is 0.254 e. The van der Waals surface area contributed by atoms with Gasteiger partial charge in [0, 0.05) is 42.9 Å². The van der Waals surface area contributed by atoms with Gasteiger partial charge in [0.05, 0.1) is 18.3 Å². The van der Waals surface area contributed by atoms with E-state index < -0.39 is 0 Å². The van der Waals surface area contributed by atoms with Crippen molar-refractivity contribution in [3.63, 3.8) is 0 Å². The van der Waals surface area contributed by atoms with E-state index in [9.17, 15) is 4.79 Å². The second-order valence-corrected chi connectivity index (χ2v) is 7.80. The molecule has 0 aliphatic carbocycles. The van der Waals surface area contributed by atoms with Crippen molar-refractivity contribution in [1.29, 1.82) is 0 Å². The van der Waals surface area contributed by atoms with Crippen LogP contribution in [0.4, 0.5) is 0 Å². The number of benzene rings is 1. The van der Waals surface area contributed by atoms with Crippen LogP contribution in [-0.4, -0.2) is 38.9 Å². The molecule has 1 aromatic carbocycles. The number of likely N-dealkylation sites (tertiary alicyclic amines) is 1. The lowest BCUT2D eigenvalue weighted by Gasteiger charge is -2.36. The van der Waals surface area contributed by atoms with Crippen LogP contribution >= 0.6 is 0 Å². The number of piperidine rings is 1. The second kappa shape index (κ2) is 9.79. The molecule has 3 heterocycles. The van der Waals surface area contributed by atoms with Crippen molar-refractivity contribution < 1.29 is 9.53 Å². The normalized spacial score (nSPS) is 16.3. The number of ether oxygens (including phenoxy) is 1. The molecule has 6 heteroatoms. The first-order valence-corrected chi connectivity index (χ1v) is 10.9. The van der Waals surface area contributed by atoms with Gasteiger partial charge in [0.1, 0.15) is 5.82 Å². The van der Waals surface area contributed by atoms with Crippen LogP contribution in [0.3, 0.4) is 0 Å². The fraction of sp³-hybridized carbons (Fsp3) is 0.360. The SMILES string of the molecule is CCOCc1ccc(C(=O)N2CCCCC2c2nc(C)ncc2-c2ccncc2)cc1. The summed E-state index contributed by atoms with van der Waals surface area (Å²) in [6.07, 6.45) is 8.37. The fourth-order valence-electron chi connectivity index (χ4n) is 4.08. The smallest absolute Gasteiger partial charge is 0.254 e. The summed E-state index contributed by atoms with van der Waals surface area (Å²) in [6, 6.07) is 11.6. The number of amides is 1. The molecule has 0 N–H and O–H groups in total. The van der Waals surface area contributed by atoms with Gasteiger partial charge in [-0.05, 0) is 68.5 Å². The van der Waals surface area contributed by atoms with E-state index in [0.717, 1.165) is 48.2 Å². The van der Waals surface area contributed by atoms with Gasteiger partial charge >= 0.3 is 0 Å². The summed E-state index contributed by atoms with van der Waals surface area (Å²) < 4.78 is 5.46. The summed E-state index contributed by atoms with van der Waals surface area (Å²) in [6.45, 7) is 5.83. The monoisotopic (exact) mass is 416 g/mol. The number of nitrogens with zero attached hydrogens (tertiary/aromatic N) is 4. The van der Waals surface area contributed by atoms with Gasteiger partial charge < -0.3 is 9.64 Å². The van der Waals surface area contributed by atoms with Crippen molar-refractivity contribution in [3.05, 3.63) is 77.6 Å². The van der Waals surface area contributed by atoms with Gasteiger partial charge in [-0.25, -0.2) is 9.97 Å². The highest BCUT2D eigenvalue weighted by Crippen LogP contribution is 2.36. The summed E-state index contributed by atoms with van der Waals surface area (Å²) in [5, 5.41) is 0. The predicted molar refractivity (Wildman–Crippen MR) is 119 cm³/mol. The predicted octanol–water partition coefficient (Wildman–Crippen LogP) is 4.75.